The molecule has 2 aromatic carbocycles. The van der Waals surface area contributed by atoms with E-state index in [1.54, 1.807) is 43.2 Å². The van der Waals surface area contributed by atoms with Crippen molar-refractivity contribution in [2.24, 2.45) is 0 Å². The fourth-order valence-corrected chi connectivity index (χ4v) is 4.22. The van der Waals surface area contributed by atoms with Crippen LogP contribution in [0.4, 0.5) is 5.69 Å². The molecule has 0 aliphatic carbocycles. The van der Waals surface area contributed by atoms with E-state index in [-0.39, 0.29) is 16.8 Å². The number of ether oxygens (including phenoxy) is 1. The Kier molecular flexibility index (Phi) is 5.29. The van der Waals surface area contributed by atoms with E-state index in [9.17, 15) is 13.2 Å². The number of nitrogens with one attached hydrogen (secondary N) is 1. The Balaban J connectivity index is 1.73. The number of hydrogen-bond donors (Lipinski definition) is 1. The van der Waals surface area contributed by atoms with Crippen molar-refractivity contribution >= 4 is 21.6 Å². The molecule has 1 fully saturated rings. The summed E-state index contributed by atoms with van der Waals surface area (Å²) in [4.78, 5) is 13.6. The van der Waals surface area contributed by atoms with Gasteiger partial charge in [-0.2, -0.15) is 0 Å². The molecule has 1 saturated heterocycles. The smallest absolute Gasteiger partial charge is 0.241 e. The van der Waals surface area contributed by atoms with Crippen molar-refractivity contribution in [2.45, 2.75) is 30.7 Å². The number of amides is 1. The highest BCUT2D eigenvalue weighted by Gasteiger charge is 2.23. The molecular formula is C19H22N2O4S. The Morgan fingerprint density at radius 3 is 2.27 bits per heavy atom. The SMILES string of the molecule is COc1ccc([C@@H](C)NS(=O)(=O)c2ccc(N3CCCC3=O)cc2)cc1. The largest absolute Gasteiger partial charge is 0.497 e. The fraction of sp³-hybridized carbons (Fsp3) is 0.316. The molecule has 6 nitrogen and oxygen atoms in total. The van der Waals surface area contributed by atoms with Gasteiger partial charge in [0.25, 0.3) is 0 Å². The van der Waals surface area contributed by atoms with Crippen LogP contribution in [0.5, 0.6) is 5.75 Å². The summed E-state index contributed by atoms with van der Waals surface area (Å²) in [5.41, 5.74) is 1.57. The van der Waals surface area contributed by atoms with Crippen molar-refractivity contribution < 1.29 is 17.9 Å². The first-order valence-corrected chi connectivity index (χ1v) is 9.96. The fourth-order valence-electron chi connectivity index (χ4n) is 2.99. The lowest BCUT2D eigenvalue weighted by molar-refractivity contribution is -0.117. The minimum Gasteiger partial charge on any atom is -0.497 e. The van der Waals surface area contributed by atoms with Crippen LogP contribution in [0.2, 0.25) is 0 Å². The van der Waals surface area contributed by atoms with E-state index in [2.05, 4.69) is 4.72 Å². The number of carbonyl (C=O) groups is 1. The van der Waals surface area contributed by atoms with Gasteiger partial charge < -0.3 is 9.64 Å². The summed E-state index contributed by atoms with van der Waals surface area (Å²) in [6.07, 6.45) is 1.38. The first-order chi connectivity index (χ1) is 12.4. The summed E-state index contributed by atoms with van der Waals surface area (Å²) in [7, 11) is -2.08. The van der Waals surface area contributed by atoms with Gasteiger partial charge in [0.2, 0.25) is 15.9 Å². The highest BCUT2D eigenvalue weighted by molar-refractivity contribution is 7.89. The van der Waals surface area contributed by atoms with Crippen LogP contribution in [0, 0.1) is 0 Å². The van der Waals surface area contributed by atoms with E-state index in [0.717, 1.165) is 23.4 Å². The number of sulfonamides is 1. The van der Waals surface area contributed by atoms with Gasteiger partial charge in [0, 0.05) is 24.7 Å². The zero-order valence-corrected chi connectivity index (χ0v) is 15.6. The minimum atomic E-state index is -3.66. The van der Waals surface area contributed by atoms with Gasteiger partial charge in [-0.25, -0.2) is 13.1 Å². The second-order valence-electron chi connectivity index (χ2n) is 6.26. The van der Waals surface area contributed by atoms with Crippen molar-refractivity contribution in [3.8, 4) is 5.75 Å². The van der Waals surface area contributed by atoms with Crippen molar-refractivity contribution in [3.05, 3.63) is 54.1 Å². The van der Waals surface area contributed by atoms with Crippen LogP contribution < -0.4 is 14.4 Å². The van der Waals surface area contributed by atoms with Crippen LogP contribution >= 0.6 is 0 Å². The zero-order chi connectivity index (χ0) is 18.7. The van der Waals surface area contributed by atoms with E-state index in [4.69, 9.17) is 4.74 Å². The van der Waals surface area contributed by atoms with Gasteiger partial charge in [0.1, 0.15) is 5.75 Å². The molecule has 0 aromatic heterocycles. The molecule has 1 aliphatic heterocycles. The molecule has 26 heavy (non-hydrogen) atoms. The van der Waals surface area contributed by atoms with Crippen molar-refractivity contribution in [1.82, 2.24) is 4.72 Å². The highest BCUT2D eigenvalue weighted by Crippen LogP contribution is 2.24. The number of hydrogen-bond acceptors (Lipinski definition) is 4. The number of carbonyl (C=O) groups excluding carboxylic acids is 1. The monoisotopic (exact) mass is 374 g/mol. The molecule has 1 N–H and O–H groups in total. The van der Waals surface area contributed by atoms with Gasteiger partial charge in [-0.15, -0.1) is 0 Å². The van der Waals surface area contributed by atoms with Crippen LogP contribution in [-0.4, -0.2) is 28.0 Å². The van der Waals surface area contributed by atoms with E-state index >= 15 is 0 Å². The van der Waals surface area contributed by atoms with Crippen molar-refractivity contribution in [2.75, 3.05) is 18.6 Å². The number of anilines is 1. The van der Waals surface area contributed by atoms with E-state index < -0.39 is 10.0 Å². The minimum absolute atomic E-state index is 0.0758. The van der Waals surface area contributed by atoms with Crippen molar-refractivity contribution in [3.63, 3.8) is 0 Å². The second kappa shape index (κ2) is 7.47. The third kappa shape index (κ3) is 3.89. The maximum absolute atomic E-state index is 12.6. The van der Waals surface area contributed by atoms with Crippen LogP contribution in [0.25, 0.3) is 0 Å². The Morgan fingerprint density at radius 2 is 1.73 bits per heavy atom. The number of benzene rings is 2. The molecule has 138 valence electrons. The van der Waals surface area contributed by atoms with Crippen LogP contribution in [0.15, 0.2) is 53.4 Å². The van der Waals surface area contributed by atoms with Gasteiger partial charge >= 0.3 is 0 Å². The standard InChI is InChI=1S/C19H22N2O4S/c1-14(15-5-9-17(25-2)10-6-15)20-26(23,24)18-11-7-16(8-12-18)21-13-3-4-19(21)22/h5-12,14,20H,3-4,13H2,1-2H3/t14-/m1/s1. The summed E-state index contributed by atoms with van der Waals surface area (Å²) in [6.45, 7) is 2.47. The molecule has 0 bridgehead atoms. The molecular weight excluding hydrogens is 352 g/mol. The normalized spacial score (nSPS) is 15.9. The Hall–Kier alpha value is -2.38. The molecule has 7 heteroatoms. The predicted molar refractivity (Wildman–Crippen MR) is 99.8 cm³/mol. The van der Waals surface area contributed by atoms with Gasteiger partial charge in [-0.1, -0.05) is 12.1 Å². The molecule has 1 aliphatic rings. The first kappa shape index (κ1) is 18.4. The average molecular weight is 374 g/mol. The van der Waals surface area contributed by atoms with Gasteiger partial charge in [0.15, 0.2) is 0 Å². The molecule has 0 unspecified atom stereocenters. The third-order valence-electron chi connectivity index (χ3n) is 4.48. The summed E-state index contributed by atoms with van der Waals surface area (Å²) < 4.78 is 33.0. The molecule has 2 aromatic rings. The molecule has 0 spiro atoms. The quantitative estimate of drug-likeness (QED) is 0.844. The predicted octanol–water partition coefficient (Wildman–Crippen LogP) is 2.86. The Bertz CT molecular complexity index is 877. The van der Waals surface area contributed by atoms with Gasteiger partial charge in [0.05, 0.1) is 12.0 Å². The highest BCUT2D eigenvalue weighted by atomic mass is 32.2. The molecule has 1 amide bonds. The number of nitrogens with zero attached hydrogens (tertiary/aromatic N) is 1. The zero-order valence-electron chi connectivity index (χ0n) is 14.8. The summed E-state index contributed by atoms with van der Waals surface area (Å²) in [5.74, 6) is 0.794. The van der Waals surface area contributed by atoms with E-state index in [0.29, 0.717) is 13.0 Å². The first-order valence-electron chi connectivity index (χ1n) is 8.47. The lowest BCUT2D eigenvalue weighted by atomic mass is 10.1. The molecule has 1 heterocycles. The van der Waals surface area contributed by atoms with Crippen LogP contribution in [0.1, 0.15) is 31.4 Å². The van der Waals surface area contributed by atoms with E-state index in [1.807, 2.05) is 12.1 Å². The summed E-state index contributed by atoms with van der Waals surface area (Å²) >= 11 is 0. The maximum Gasteiger partial charge on any atom is 0.241 e. The summed E-state index contributed by atoms with van der Waals surface area (Å²) in [5, 5.41) is 0. The van der Waals surface area contributed by atoms with E-state index in [1.165, 1.54) is 12.1 Å². The topological polar surface area (TPSA) is 75.7 Å². The molecule has 1 atom stereocenters. The lowest BCUT2D eigenvalue weighted by Crippen LogP contribution is -2.27. The number of rotatable bonds is 6. The Morgan fingerprint density at radius 1 is 1.08 bits per heavy atom. The third-order valence-corrected chi connectivity index (χ3v) is 6.04. The molecule has 3 rings (SSSR count). The second-order valence-corrected chi connectivity index (χ2v) is 7.97. The van der Waals surface area contributed by atoms with Gasteiger partial charge in [-0.05, 0) is 55.3 Å². The van der Waals surface area contributed by atoms with Crippen LogP contribution in [-0.2, 0) is 14.8 Å². The van der Waals surface area contributed by atoms with Gasteiger partial charge in [-0.3, -0.25) is 4.79 Å². The molecule has 0 radical (unpaired) electrons. The lowest BCUT2D eigenvalue weighted by Gasteiger charge is -2.17. The van der Waals surface area contributed by atoms with Crippen molar-refractivity contribution in [1.29, 1.82) is 0 Å². The molecule has 0 saturated carbocycles. The number of methoxy groups -OCH3 is 1. The van der Waals surface area contributed by atoms with Crippen LogP contribution in [0.3, 0.4) is 0 Å². The summed E-state index contributed by atoms with van der Waals surface area (Å²) in [6, 6.07) is 13.3. The Labute approximate surface area is 153 Å². The maximum atomic E-state index is 12.6. The average Bonchev–Trinajstić information content (AvgIpc) is 3.07.